The SMILES string of the molecule is COc1ccc(CNC(=O)Cn2cc(-c3ccccc3)oc2=O)cc1. The average Bonchev–Trinajstić information content (AvgIpc) is 3.01. The fraction of sp³-hybridized carbons (Fsp3) is 0.158. The third kappa shape index (κ3) is 4.17. The standard InChI is InChI=1S/C19H18N2O4/c1-24-16-9-7-14(8-10-16)11-20-18(22)13-21-12-17(25-19(21)23)15-5-3-2-4-6-15/h2-10,12H,11,13H2,1H3,(H,20,22). The molecule has 3 rings (SSSR count). The molecule has 1 heterocycles. The van der Waals surface area contributed by atoms with Crippen LogP contribution < -0.4 is 15.8 Å². The van der Waals surface area contributed by atoms with Crippen LogP contribution in [0.2, 0.25) is 0 Å². The molecule has 3 aromatic rings. The maximum absolute atomic E-state index is 12.1. The second-order valence-corrected chi connectivity index (χ2v) is 5.48. The smallest absolute Gasteiger partial charge is 0.419 e. The number of carbonyl (C=O) groups excluding carboxylic acids is 1. The number of nitrogens with one attached hydrogen (secondary N) is 1. The van der Waals surface area contributed by atoms with Gasteiger partial charge in [0.1, 0.15) is 12.3 Å². The summed E-state index contributed by atoms with van der Waals surface area (Å²) in [6.07, 6.45) is 1.55. The predicted octanol–water partition coefficient (Wildman–Crippen LogP) is 2.43. The Hall–Kier alpha value is -3.28. The molecule has 0 spiro atoms. The highest BCUT2D eigenvalue weighted by Crippen LogP contribution is 2.16. The average molecular weight is 338 g/mol. The van der Waals surface area contributed by atoms with Gasteiger partial charge in [-0.05, 0) is 17.7 Å². The number of methoxy groups -OCH3 is 1. The zero-order valence-electron chi connectivity index (χ0n) is 13.8. The van der Waals surface area contributed by atoms with Crippen LogP contribution in [0.25, 0.3) is 11.3 Å². The molecule has 0 saturated heterocycles. The molecule has 0 unspecified atom stereocenters. The number of aromatic nitrogens is 1. The van der Waals surface area contributed by atoms with Crippen LogP contribution in [0.3, 0.4) is 0 Å². The number of hydrogen-bond acceptors (Lipinski definition) is 4. The molecule has 0 radical (unpaired) electrons. The van der Waals surface area contributed by atoms with Gasteiger partial charge in [-0.1, -0.05) is 42.5 Å². The summed E-state index contributed by atoms with van der Waals surface area (Å²) < 4.78 is 11.5. The van der Waals surface area contributed by atoms with E-state index in [9.17, 15) is 9.59 Å². The Morgan fingerprint density at radius 1 is 1.12 bits per heavy atom. The molecular formula is C19H18N2O4. The van der Waals surface area contributed by atoms with Crippen molar-refractivity contribution in [1.82, 2.24) is 9.88 Å². The van der Waals surface area contributed by atoms with Crippen molar-refractivity contribution < 1.29 is 13.9 Å². The van der Waals surface area contributed by atoms with Crippen molar-refractivity contribution in [3.05, 3.63) is 76.9 Å². The van der Waals surface area contributed by atoms with Gasteiger partial charge in [-0.15, -0.1) is 0 Å². The zero-order valence-corrected chi connectivity index (χ0v) is 13.8. The van der Waals surface area contributed by atoms with Gasteiger partial charge in [-0.2, -0.15) is 0 Å². The normalized spacial score (nSPS) is 10.4. The molecule has 1 amide bonds. The molecule has 2 aromatic carbocycles. The molecular weight excluding hydrogens is 320 g/mol. The maximum Gasteiger partial charge on any atom is 0.419 e. The summed E-state index contributed by atoms with van der Waals surface area (Å²) in [5.74, 6) is 0.374. The molecule has 1 N–H and O–H groups in total. The van der Waals surface area contributed by atoms with Crippen LogP contribution in [0.4, 0.5) is 0 Å². The van der Waals surface area contributed by atoms with Crippen LogP contribution in [0.5, 0.6) is 5.75 Å². The Labute approximate surface area is 144 Å². The van der Waals surface area contributed by atoms with Gasteiger partial charge in [0.2, 0.25) is 5.91 Å². The van der Waals surface area contributed by atoms with E-state index in [1.807, 2.05) is 54.6 Å². The summed E-state index contributed by atoms with van der Waals surface area (Å²) in [6.45, 7) is 0.284. The van der Waals surface area contributed by atoms with E-state index < -0.39 is 5.76 Å². The van der Waals surface area contributed by atoms with E-state index in [2.05, 4.69) is 5.32 Å². The molecule has 0 bridgehead atoms. The van der Waals surface area contributed by atoms with Gasteiger partial charge >= 0.3 is 5.76 Å². The first-order valence-corrected chi connectivity index (χ1v) is 7.81. The van der Waals surface area contributed by atoms with Crippen LogP contribution in [0, 0.1) is 0 Å². The van der Waals surface area contributed by atoms with Gasteiger partial charge in [0, 0.05) is 12.1 Å². The number of oxazole rings is 1. The summed E-state index contributed by atoms with van der Waals surface area (Å²) in [5, 5.41) is 2.78. The van der Waals surface area contributed by atoms with Crippen molar-refractivity contribution in [2.45, 2.75) is 13.1 Å². The molecule has 0 fully saturated rings. The molecule has 6 heteroatoms. The zero-order chi connectivity index (χ0) is 17.6. The van der Waals surface area contributed by atoms with Crippen molar-refractivity contribution in [1.29, 1.82) is 0 Å². The highest BCUT2D eigenvalue weighted by molar-refractivity contribution is 5.75. The Morgan fingerprint density at radius 2 is 1.84 bits per heavy atom. The quantitative estimate of drug-likeness (QED) is 0.749. The summed E-state index contributed by atoms with van der Waals surface area (Å²) in [4.78, 5) is 24.0. The topological polar surface area (TPSA) is 73.5 Å². The van der Waals surface area contributed by atoms with E-state index in [4.69, 9.17) is 9.15 Å². The fourth-order valence-corrected chi connectivity index (χ4v) is 2.37. The molecule has 0 saturated carbocycles. The second kappa shape index (κ2) is 7.53. The number of ether oxygens (including phenoxy) is 1. The maximum atomic E-state index is 12.1. The Bertz CT molecular complexity index is 895. The van der Waals surface area contributed by atoms with Gasteiger partial charge in [0.15, 0.2) is 5.76 Å². The Kier molecular flexibility index (Phi) is 4.99. The summed E-state index contributed by atoms with van der Waals surface area (Å²) >= 11 is 0. The van der Waals surface area contributed by atoms with Crippen LogP contribution in [0.1, 0.15) is 5.56 Å². The lowest BCUT2D eigenvalue weighted by atomic mass is 10.2. The molecule has 0 aliphatic carbocycles. The summed E-state index contributed by atoms with van der Waals surface area (Å²) in [5.41, 5.74) is 1.73. The minimum absolute atomic E-state index is 0.0919. The van der Waals surface area contributed by atoms with Crippen LogP contribution in [0.15, 0.2) is 70.0 Å². The van der Waals surface area contributed by atoms with Crippen molar-refractivity contribution >= 4 is 5.91 Å². The minimum Gasteiger partial charge on any atom is -0.497 e. The number of carbonyl (C=O) groups is 1. The predicted molar refractivity (Wildman–Crippen MR) is 93.2 cm³/mol. The summed E-state index contributed by atoms with van der Waals surface area (Å²) in [7, 11) is 1.60. The number of nitrogens with zero attached hydrogens (tertiary/aromatic N) is 1. The van der Waals surface area contributed by atoms with E-state index >= 15 is 0 Å². The second-order valence-electron chi connectivity index (χ2n) is 5.48. The lowest BCUT2D eigenvalue weighted by Crippen LogP contribution is -2.30. The van der Waals surface area contributed by atoms with Crippen molar-refractivity contribution in [2.24, 2.45) is 0 Å². The third-order valence-electron chi connectivity index (χ3n) is 3.73. The first-order valence-electron chi connectivity index (χ1n) is 7.81. The number of amides is 1. The Morgan fingerprint density at radius 3 is 2.52 bits per heavy atom. The summed E-state index contributed by atoms with van der Waals surface area (Å²) in [6, 6.07) is 16.7. The Balaban J connectivity index is 1.61. The van der Waals surface area contributed by atoms with Gasteiger partial charge in [0.25, 0.3) is 0 Å². The van der Waals surface area contributed by atoms with E-state index in [0.717, 1.165) is 16.9 Å². The number of hydrogen-bond donors (Lipinski definition) is 1. The highest BCUT2D eigenvalue weighted by atomic mass is 16.5. The minimum atomic E-state index is -0.557. The molecule has 0 aliphatic heterocycles. The van der Waals surface area contributed by atoms with Crippen molar-refractivity contribution in [2.75, 3.05) is 7.11 Å². The molecule has 25 heavy (non-hydrogen) atoms. The van der Waals surface area contributed by atoms with Crippen LogP contribution >= 0.6 is 0 Å². The molecule has 128 valence electrons. The number of rotatable bonds is 6. The van der Waals surface area contributed by atoms with Gasteiger partial charge < -0.3 is 14.5 Å². The van der Waals surface area contributed by atoms with E-state index in [1.165, 1.54) is 4.57 Å². The molecule has 1 aromatic heterocycles. The van der Waals surface area contributed by atoms with Gasteiger partial charge in [-0.25, -0.2) is 4.79 Å². The van der Waals surface area contributed by atoms with Crippen molar-refractivity contribution in [3.8, 4) is 17.1 Å². The molecule has 0 aliphatic rings. The van der Waals surface area contributed by atoms with Gasteiger partial charge in [0.05, 0.1) is 13.3 Å². The van der Waals surface area contributed by atoms with E-state index in [-0.39, 0.29) is 12.5 Å². The monoisotopic (exact) mass is 338 g/mol. The van der Waals surface area contributed by atoms with E-state index in [1.54, 1.807) is 13.3 Å². The third-order valence-corrected chi connectivity index (χ3v) is 3.73. The number of benzene rings is 2. The largest absolute Gasteiger partial charge is 0.497 e. The first-order chi connectivity index (χ1) is 12.2. The van der Waals surface area contributed by atoms with E-state index in [0.29, 0.717) is 12.3 Å². The lowest BCUT2D eigenvalue weighted by Gasteiger charge is -2.06. The van der Waals surface area contributed by atoms with Crippen LogP contribution in [-0.4, -0.2) is 17.6 Å². The highest BCUT2D eigenvalue weighted by Gasteiger charge is 2.11. The lowest BCUT2D eigenvalue weighted by molar-refractivity contribution is -0.121. The fourth-order valence-electron chi connectivity index (χ4n) is 2.37. The van der Waals surface area contributed by atoms with Crippen molar-refractivity contribution in [3.63, 3.8) is 0 Å². The van der Waals surface area contributed by atoms with Crippen LogP contribution in [-0.2, 0) is 17.9 Å². The molecule has 6 nitrogen and oxygen atoms in total. The first kappa shape index (κ1) is 16.6. The van der Waals surface area contributed by atoms with Gasteiger partial charge in [-0.3, -0.25) is 9.36 Å². The molecule has 0 atom stereocenters.